The molecule has 8 aromatic rings. The summed E-state index contributed by atoms with van der Waals surface area (Å²) in [5.41, 5.74) is 7.94. The Labute approximate surface area is 308 Å². The molecule has 241 valence electrons. The van der Waals surface area contributed by atoms with Gasteiger partial charge in [-0.05, 0) is 32.7 Å². The van der Waals surface area contributed by atoms with Crippen molar-refractivity contribution in [3.8, 4) is 22.3 Å². The van der Waals surface area contributed by atoms with E-state index in [0.717, 1.165) is 6.42 Å². The van der Waals surface area contributed by atoms with Gasteiger partial charge in [0.15, 0.2) is 0 Å². The second-order valence-electron chi connectivity index (χ2n) is 11.3. The van der Waals surface area contributed by atoms with Crippen LogP contribution >= 0.6 is 17.0 Å². The Bertz CT molecular complexity index is 2020. The van der Waals surface area contributed by atoms with Gasteiger partial charge < -0.3 is 6.92 Å². The Kier molecular flexibility index (Phi) is 14.9. The predicted octanol–water partition coefficient (Wildman–Crippen LogP) is 14.2. The molecule has 0 aliphatic rings. The van der Waals surface area contributed by atoms with Crippen LogP contribution in [0.4, 0.5) is 0 Å². The van der Waals surface area contributed by atoms with Crippen LogP contribution in [0.15, 0.2) is 146 Å². The quantitative estimate of drug-likeness (QED) is 0.122. The molecule has 8 aromatic carbocycles. The van der Waals surface area contributed by atoms with E-state index in [1.165, 1.54) is 76.5 Å². The fourth-order valence-corrected chi connectivity index (χ4v) is 6.16. The first kappa shape index (κ1) is 37.6. The van der Waals surface area contributed by atoms with Gasteiger partial charge in [-0.15, -0.1) is 69.1 Å². The molecule has 8 rings (SSSR count). The molecule has 0 heterocycles. The SMILES string of the molecule is C[Si].Cc1cc2c(-c3cccc4ccccc34)cccc2[cH-]1.Cc1cc2c(-c3cccc4ccccc34)cccc2[cH-]1.[CH2-]CC.[Cl][Zr][Cl]. The summed E-state index contributed by atoms with van der Waals surface area (Å²) in [5, 5.41) is 10.6. The first-order valence-electron chi connectivity index (χ1n) is 16.0. The maximum absolute atomic E-state index is 4.93. The third-order valence-corrected chi connectivity index (χ3v) is 7.95. The zero-order chi connectivity index (χ0) is 34.5. The summed E-state index contributed by atoms with van der Waals surface area (Å²) < 4.78 is 0. The summed E-state index contributed by atoms with van der Waals surface area (Å²) in [4.78, 5) is 0. The van der Waals surface area contributed by atoms with Crippen LogP contribution in [0.25, 0.3) is 65.3 Å². The third-order valence-electron chi connectivity index (χ3n) is 7.95. The Hall–Kier alpha value is -3.26. The van der Waals surface area contributed by atoms with E-state index in [9.17, 15) is 0 Å². The Balaban J connectivity index is 0.000000179. The molecule has 0 atom stereocenters. The number of hydrogen-bond donors (Lipinski definition) is 0. The molecule has 0 bridgehead atoms. The standard InChI is InChI=1S/2C20H15.C3H7.CH3Si.2ClH.Zr/c2*1-14-12-16-8-5-11-19(20(16)13-14)18-10-4-7-15-6-2-3-9-17(15)18;1-3-2;1-2;;;/h2*2-13H,1H3;1,3H2,2H3;1H3;2*1H;/q3*-1;;;;+2/p-2. The minimum atomic E-state index is -0.826. The van der Waals surface area contributed by atoms with Crippen LogP contribution in [0.2, 0.25) is 6.55 Å². The summed E-state index contributed by atoms with van der Waals surface area (Å²) in [5.74, 6) is 0. The van der Waals surface area contributed by atoms with E-state index in [0.29, 0.717) is 0 Å². The monoisotopic (exact) mass is 756 g/mol. The molecule has 0 N–H and O–H groups in total. The minimum absolute atomic E-state index is 0.826. The average Bonchev–Trinajstić information content (AvgIpc) is 3.70. The van der Waals surface area contributed by atoms with Crippen molar-refractivity contribution in [2.75, 3.05) is 0 Å². The number of halogens is 2. The molecule has 4 heteroatoms. The zero-order valence-electron chi connectivity index (χ0n) is 28.0. The fraction of sp³-hybridized carbons (Fsp3) is 0.114. The number of hydrogen-bond acceptors (Lipinski definition) is 0. The van der Waals surface area contributed by atoms with Gasteiger partial charge in [-0.25, -0.2) is 0 Å². The molecule has 0 nitrogen and oxygen atoms in total. The van der Waals surface area contributed by atoms with E-state index in [-0.39, 0.29) is 0 Å². The van der Waals surface area contributed by atoms with Crippen LogP contribution in [0, 0.1) is 20.8 Å². The molecule has 0 fully saturated rings. The van der Waals surface area contributed by atoms with E-state index >= 15 is 0 Å². The average molecular weight is 759 g/mol. The molecule has 48 heavy (non-hydrogen) atoms. The molecule has 0 saturated heterocycles. The van der Waals surface area contributed by atoms with E-state index < -0.39 is 20.8 Å². The molecule has 0 saturated carbocycles. The van der Waals surface area contributed by atoms with Gasteiger partial charge in [0.25, 0.3) is 0 Å². The Morgan fingerprint density at radius 1 is 0.521 bits per heavy atom. The van der Waals surface area contributed by atoms with Gasteiger partial charge in [0, 0.05) is 10.2 Å². The van der Waals surface area contributed by atoms with Crippen LogP contribution in [0.5, 0.6) is 0 Å². The van der Waals surface area contributed by atoms with Crippen LogP contribution in [0.1, 0.15) is 24.5 Å². The van der Waals surface area contributed by atoms with Gasteiger partial charge in [0.1, 0.15) is 0 Å². The Morgan fingerprint density at radius 2 is 0.812 bits per heavy atom. The Morgan fingerprint density at radius 3 is 1.19 bits per heavy atom. The summed E-state index contributed by atoms with van der Waals surface area (Å²) in [6, 6.07) is 52.5. The molecule has 0 aliphatic carbocycles. The van der Waals surface area contributed by atoms with Crippen molar-refractivity contribution < 1.29 is 20.8 Å². The summed E-state index contributed by atoms with van der Waals surface area (Å²) in [7, 11) is 12.8. The topological polar surface area (TPSA) is 0 Å². The van der Waals surface area contributed by atoms with Gasteiger partial charge in [-0.3, -0.25) is 0 Å². The normalized spacial score (nSPS) is 10.2. The maximum atomic E-state index is 4.93. The van der Waals surface area contributed by atoms with Crippen molar-refractivity contribution in [3.05, 3.63) is 164 Å². The van der Waals surface area contributed by atoms with Crippen molar-refractivity contribution in [2.24, 2.45) is 0 Å². The van der Waals surface area contributed by atoms with E-state index in [2.05, 4.69) is 177 Å². The molecule has 0 amide bonds. The number of benzene rings is 6. The second-order valence-corrected chi connectivity index (χ2v) is 15.0. The van der Waals surface area contributed by atoms with Gasteiger partial charge >= 0.3 is 37.9 Å². The van der Waals surface area contributed by atoms with Crippen molar-refractivity contribution >= 4 is 70.4 Å². The van der Waals surface area contributed by atoms with E-state index in [4.69, 9.17) is 17.0 Å². The van der Waals surface area contributed by atoms with Crippen molar-refractivity contribution in [1.29, 1.82) is 0 Å². The molecule has 0 spiro atoms. The third kappa shape index (κ3) is 9.04. The number of fused-ring (bicyclic) bond motifs is 4. The van der Waals surface area contributed by atoms with Crippen LogP contribution in [-0.4, -0.2) is 10.2 Å². The van der Waals surface area contributed by atoms with Crippen molar-refractivity contribution in [1.82, 2.24) is 0 Å². The molecular formula is C44H40Cl2SiZr-3. The van der Waals surface area contributed by atoms with Crippen LogP contribution in [0.3, 0.4) is 0 Å². The fourth-order valence-electron chi connectivity index (χ4n) is 6.16. The molecule has 0 aliphatic heterocycles. The van der Waals surface area contributed by atoms with E-state index in [1.807, 2.05) is 6.92 Å². The first-order chi connectivity index (χ1) is 23.5. The van der Waals surface area contributed by atoms with Crippen LogP contribution < -0.4 is 0 Å². The summed E-state index contributed by atoms with van der Waals surface area (Å²) in [6.45, 7) is 11.6. The van der Waals surface area contributed by atoms with Gasteiger partial charge in [-0.1, -0.05) is 136 Å². The van der Waals surface area contributed by atoms with Gasteiger partial charge in [-0.2, -0.15) is 18.6 Å². The zero-order valence-corrected chi connectivity index (χ0v) is 33.0. The number of aryl methyl sites for hydroxylation is 2. The predicted molar refractivity (Wildman–Crippen MR) is 213 cm³/mol. The summed E-state index contributed by atoms with van der Waals surface area (Å²) in [6.07, 6.45) is 1.00. The second kappa shape index (κ2) is 19.1. The molecular weight excluding hydrogens is 719 g/mol. The molecule has 0 aromatic heterocycles. The van der Waals surface area contributed by atoms with Gasteiger partial charge in [0.05, 0.1) is 0 Å². The van der Waals surface area contributed by atoms with Gasteiger partial charge in [0.2, 0.25) is 0 Å². The van der Waals surface area contributed by atoms with E-state index in [1.54, 1.807) is 6.55 Å². The summed E-state index contributed by atoms with van der Waals surface area (Å²) >= 11 is -0.826. The van der Waals surface area contributed by atoms with Crippen molar-refractivity contribution in [3.63, 3.8) is 0 Å². The molecule has 0 unspecified atom stereocenters. The van der Waals surface area contributed by atoms with Crippen LogP contribution in [-0.2, 0) is 20.8 Å². The number of rotatable bonds is 2. The molecule has 3 radical (unpaired) electrons. The van der Waals surface area contributed by atoms with Crippen molar-refractivity contribution in [2.45, 2.75) is 33.7 Å². The first-order valence-corrected chi connectivity index (χ1v) is 23.4.